The van der Waals surface area contributed by atoms with Gasteiger partial charge in [-0.3, -0.25) is 9.59 Å². The van der Waals surface area contributed by atoms with Crippen molar-refractivity contribution in [2.75, 3.05) is 11.4 Å². The zero-order valence-electron chi connectivity index (χ0n) is 12.1. The van der Waals surface area contributed by atoms with E-state index in [-0.39, 0.29) is 18.9 Å². The molecule has 2 amide bonds. The number of hydrogen-bond acceptors (Lipinski definition) is 3. The van der Waals surface area contributed by atoms with Gasteiger partial charge in [-0.05, 0) is 31.0 Å². The molecule has 1 aromatic carbocycles. The Morgan fingerprint density at radius 2 is 2.05 bits per heavy atom. The third kappa shape index (κ3) is 4.66. The number of aryl methyl sites for hydroxylation is 1. The number of primary amides is 1. The Kier molecular flexibility index (Phi) is 6.18. The summed E-state index contributed by atoms with van der Waals surface area (Å²) < 4.78 is 0. The molecule has 0 aromatic heterocycles. The lowest BCUT2D eigenvalue weighted by Crippen LogP contribution is -2.45. The van der Waals surface area contributed by atoms with Crippen molar-refractivity contribution in [1.29, 1.82) is 0 Å². The minimum absolute atomic E-state index is 0.124. The topological polar surface area (TPSA) is 89.4 Å². The first-order chi connectivity index (χ1) is 9.45. The number of nitrogens with zero attached hydrogens (tertiary/aromatic N) is 1. The van der Waals surface area contributed by atoms with E-state index in [0.29, 0.717) is 6.42 Å². The van der Waals surface area contributed by atoms with Gasteiger partial charge in [-0.2, -0.15) is 0 Å². The van der Waals surface area contributed by atoms with Crippen molar-refractivity contribution in [3.63, 3.8) is 0 Å². The fraction of sp³-hybridized carbons (Fsp3) is 0.467. The third-order valence-corrected chi connectivity index (χ3v) is 3.08. The molecule has 1 aromatic rings. The van der Waals surface area contributed by atoms with Crippen LogP contribution in [0.3, 0.4) is 0 Å². The number of amides is 2. The predicted molar refractivity (Wildman–Crippen MR) is 80.2 cm³/mol. The molecular weight excluding hydrogens is 254 g/mol. The average Bonchev–Trinajstić information content (AvgIpc) is 2.38. The van der Waals surface area contributed by atoms with Crippen LogP contribution in [-0.2, 0) is 9.59 Å². The maximum atomic E-state index is 12.4. The van der Waals surface area contributed by atoms with Crippen molar-refractivity contribution in [2.24, 2.45) is 11.5 Å². The van der Waals surface area contributed by atoms with Gasteiger partial charge in [-0.25, -0.2) is 0 Å². The van der Waals surface area contributed by atoms with Crippen molar-refractivity contribution < 1.29 is 9.59 Å². The quantitative estimate of drug-likeness (QED) is 0.788. The Balaban J connectivity index is 2.95. The fourth-order valence-electron chi connectivity index (χ4n) is 2.02. The standard InChI is InChI=1S/C15H23N3O2/c1-3-5-13(16)15(20)18(9-8-14(17)19)12-7-4-6-11(2)10-12/h4,6-7,10,13H,3,5,8-9,16H2,1-2H3,(H2,17,19). The highest BCUT2D eigenvalue weighted by Crippen LogP contribution is 2.18. The van der Waals surface area contributed by atoms with Crippen molar-refractivity contribution in [3.05, 3.63) is 29.8 Å². The molecular formula is C15H23N3O2. The fourth-order valence-corrected chi connectivity index (χ4v) is 2.02. The zero-order chi connectivity index (χ0) is 15.1. The number of rotatable bonds is 7. The summed E-state index contributed by atoms with van der Waals surface area (Å²) in [6, 6.07) is 7.02. The van der Waals surface area contributed by atoms with Crippen LogP contribution in [0, 0.1) is 6.92 Å². The lowest BCUT2D eigenvalue weighted by Gasteiger charge is -2.25. The van der Waals surface area contributed by atoms with Crippen LogP contribution in [0.1, 0.15) is 31.7 Å². The first-order valence-corrected chi connectivity index (χ1v) is 6.87. The Morgan fingerprint density at radius 1 is 1.35 bits per heavy atom. The SMILES string of the molecule is CCCC(N)C(=O)N(CCC(N)=O)c1cccc(C)c1. The minimum Gasteiger partial charge on any atom is -0.370 e. The highest BCUT2D eigenvalue weighted by Gasteiger charge is 2.22. The van der Waals surface area contributed by atoms with Gasteiger partial charge in [0.25, 0.3) is 0 Å². The normalized spacial score (nSPS) is 11.9. The molecule has 0 heterocycles. The number of carbonyl (C=O) groups is 2. The van der Waals surface area contributed by atoms with Crippen LogP contribution in [0.4, 0.5) is 5.69 Å². The van der Waals surface area contributed by atoms with Crippen LogP contribution >= 0.6 is 0 Å². The summed E-state index contributed by atoms with van der Waals surface area (Å²) in [5, 5.41) is 0. The second kappa shape index (κ2) is 7.65. The van der Waals surface area contributed by atoms with E-state index >= 15 is 0 Å². The van der Waals surface area contributed by atoms with E-state index in [2.05, 4.69) is 0 Å². The van der Waals surface area contributed by atoms with E-state index in [1.807, 2.05) is 38.1 Å². The van der Waals surface area contributed by atoms with Gasteiger partial charge in [0.05, 0.1) is 6.04 Å². The monoisotopic (exact) mass is 277 g/mol. The van der Waals surface area contributed by atoms with E-state index in [1.165, 1.54) is 0 Å². The Bertz CT molecular complexity index is 474. The van der Waals surface area contributed by atoms with Crippen LogP contribution in [0.2, 0.25) is 0 Å². The summed E-state index contributed by atoms with van der Waals surface area (Å²) in [6.45, 7) is 4.19. The van der Waals surface area contributed by atoms with Crippen molar-refractivity contribution in [1.82, 2.24) is 0 Å². The van der Waals surface area contributed by atoms with E-state index in [1.54, 1.807) is 4.90 Å². The number of nitrogens with two attached hydrogens (primary N) is 2. The smallest absolute Gasteiger partial charge is 0.243 e. The number of carbonyl (C=O) groups excluding carboxylic acids is 2. The van der Waals surface area contributed by atoms with Gasteiger partial charge in [0.1, 0.15) is 0 Å². The van der Waals surface area contributed by atoms with Crippen LogP contribution in [0.25, 0.3) is 0 Å². The van der Waals surface area contributed by atoms with Gasteiger partial charge >= 0.3 is 0 Å². The molecule has 0 aliphatic heterocycles. The van der Waals surface area contributed by atoms with Crippen molar-refractivity contribution in [2.45, 2.75) is 39.2 Å². The molecule has 0 saturated heterocycles. The average molecular weight is 277 g/mol. The second-order valence-electron chi connectivity index (χ2n) is 4.94. The van der Waals surface area contributed by atoms with Crippen LogP contribution < -0.4 is 16.4 Å². The highest BCUT2D eigenvalue weighted by molar-refractivity contribution is 5.97. The van der Waals surface area contributed by atoms with Gasteiger partial charge in [-0.15, -0.1) is 0 Å². The molecule has 1 rings (SSSR count). The Labute approximate surface area is 119 Å². The summed E-state index contributed by atoms with van der Waals surface area (Å²) in [7, 11) is 0. The molecule has 0 saturated carbocycles. The van der Waals surface area contributed by atoms with Gasteiger partial charge < -0.3 is 16.4 Å². The lowest BCUT2D eigenvalue weighted by atomic mass is 10.1. The molecule has 1 unspecified atom stereocenters. The van der Waals surface area contributed by atoms with Gasteiger partial charge in [0, 0.05) is 18.7 Å². The predicted octanol–water partition coefficient (Wildman–Crippen LogP) is 1.33. The van der Waals surface area contributed by atoms with Gasteiger partial charge in [-0.1, -0.05) is 25.5 Å². The molecule has 4 N–H and O–H groups in total. The summed E-state index contributed by atoms with van der Waals surface area (Å²) in [6.07, 6.45) is 1.58. The summed E-state index contributed by atoms with van der Waals surface area (Å²) in [4.78, 5) is 24.9. The number of hydrogen-bond donors (Lipinski definition) is 2. The third-order valence-electron chi connectivity index (χ3n) is 3.08. The molecule has 0 fully saturated rings. The lowest BCUT2D eigenvalue weighted by molar-refractivity contribution is -0.120. The highest BCUT2D eigenvalue weighted by atomic mass is 16.2. The van der Waals surface area contributed by atoms with E-state index in [4.69, 9.17) is 11.5 Å². The largest absolute Gasteiger partial charge is 0.370 e. The first kappa shape index (κ1) is 16.2. The molecule has 5 heteroatoms. The Morgan fingerprint density at radius 3 is 2.60 bits per heavy atom. The van der Waals surface area contributed by atoms with Crippen molar-refractivity contribution >= 4 is 17.5 Å². The van der Waals surface area contributed by atoms with Crippen LogP contribution in [0.5, 0.6) is 0 Å². The van der Waals surface area contributed by atoms with Crippen LogP contribution in [0.15, 0.2) is 24.3 Å². The molecule has 0 aliphatic rings. The van der Waals surface area contributed by atoms with Gasteiger partial charge in [0.15, 0.2) is 0 Å². The van der Waals surface area contributed by atoms with E-state index < -0.39 is 11.9 Å². The molecule has 0 aliphatic carbocycles. The number of benzene rings is 1. The maximum Gasteiger partial charge on any atom is 0.243 e. The van der Waals surface area contributed by atoms with E-state index in [9.17, 15) is 9.59 Å². The maximum absolute atomic E-state index is 12.4. The number of anilines is 1. The first-order valence-electron chi connectivity index (χ1n) is 6.87. The molecule has 0 spiro atoms. The van der Waals surface area contributed by atoms with Crippen molar-refractivity contribution in [3.8, 4) is 0 Å². The molecule has 0 radical (unpaired) electrons. The molecule has 5 nitrogen and oxygen atoms in total. The summed E-state index contributed by atoms with van der Waals surface area (Å²) in [5.74, 6) is -0.599. The Hall–Kier alpha value is -1.88. The van der Waals surface area contributed by atoms with Crippen LogP contribution in [-0.4, -0.2) is 24.4 Å². The molecule has 1 atom stereocenters. The minimum atomic E-state index is -0.548. The van der Waals surface area contributed by atoms with Gasteiger partial charge in [0.2, 0.25) is 11.8 Å². The molecule has 20 heavy (non-hydrogen) atoms. The molecule has 0 bridgehead atoms. The second-order valence-corrected chi connectivity index (χ2v) is 4.94. The van der Waals surface area contributed by atoms with E-state index in [0.717, 1.165) is 17.7 Å². The molecule has 110 valence electrons. The zero-order valence-corrected chi connectivity index (χ0v) is 12.1. The summed E-state index contributed by atoms with van der Waals surface area (Å²) in [5.41, 5.74) is 12.9. The summed E-state index contributed by atoms with van der Waals surface area (Å²) >= 11 is 0.